The van der Waals surface area contributed by atoms with Gasteiger partial charge in [-0.25, -0.2) is 0 Å². The molecule has 1 saturated heterocycles. The van der Waals surface area contributed by atoms with Crippen LogP contribution in [-0.4, -0.2) is 49.4 Å². The molecule has 176 valence electrons. The Kier molecular flexibility index (Phi) is 8.37. The maximum absolute atomic E-state index is 13.3. The van der Waals surface area contributed by atoms with E-state index in [2.05, 4.69) is 15.5 Å². The van der Waals surface area contributed by atoms with Gasteiger partial charge in [-0.05, 0) is 75.6 Å². The SMILES string of the molecule is O=C1Nc2cc(Cl)ccc2N(C(=O)CCCCCNCCN2CCCCC2)c2ccccc21. The number of hydrogen-bond acceptors (Lipinski definition) is 4. The number of likely N-dealkylation sites (tertiary alicyclic amines) is 1. The van der Waals surface area contributed by atoms with E-state index in [1.165, 1.54) is 32.4 Å². The maximum Gasteiger partial charge on any atom is 0.257 e. The predicted octanol–water partition coefficient (Wildman–Crippen LogP) is 5.21. The number of carbonyl (C=O) groups excluding carboxylic acids is 2. The van der Waals surface area contributed by atoms with E-state index in [0.29, 0.717) is 34.1 Å². The lowest BCUT2D eigenvalue weighted by molar-refractivity contribution is -0.118. The largest absolute Gasteiger partial charge is 0.320 e. The highest BCUT2D eigenvalue weighted by molar-refractivity contribution is 6.31. The van der Waals surface area contributed by atoms with Crippen molar-refractivity contribution in [2.24, 2.45) is 0 Å². The first-order chi connectivity index (χ1) is 16.1. The lowest BCUT2D eigenvalue weighted by Gasteiger charge is -2.26. The first-order valence-electron chi connectivity index (χ1n) is 12.1. The second-order valence-electron chi connectivity index (χ2n) is 8.82. The molecular weight excluding hydrogens is 436 g/mol. The minimum absolute atomic E-state index is 0.0134. The zero-order valence-electron chi connectivity index (χ0n) is 19.1. The van der Waals surface area contributed by atoms with E-state index in [1.54, 1.807) is 29.2 Å². The molecule has 2 aromatic rings. The fourth-order valence-electron chi connectivity index (χ4n) is 4.61. The van der Waals surface area contributed by atoms with Gasteiger partial charge in [0.05, 0.1) is 22.6 Å². The molecule has 0 aliphatic carbocycles. The average molecular weight is 469 g/mol. The molecule has 0 radical (unpaired) electrons. The Bertz CT molecular complexity index is 975. The van der Waals surface area contributed by atoms with Crippen molar-refractivity contribution in [3.63, 3.8) is 0 Å². The fraction of sp³-hybridized carbons (Fsp3) is 0.462. The van der Waals surface area contributed by atoms with Crippen LogP contribution >= 0.6 is 11.6 Å². The second kappa shape index (κ2) is 11.6. The van der Waals surface area contributed by atoms with Crippen LogP contribution in [0.1, 0.15) is 55.3 Å². The molecule has 2 aromatic carbocycles. The van der Waals surface area contributed by atoms with Gasteiger partial charge in [-0.2, -0.15) is 0 Å². The molecular formula is C26H33ClN4O2. The number of carbonyl (C=O) groups is 2. The summed E-state index contributed by atoms with van der Waals surface area (Å²) in [7, 11) is 0. The Hall–Kier alpha value is -2.41. The summed E-state index contributed by atoms with van der Waals surface area (Å²) in [6, 6.07) is 12.5. The summed E-state index contributed by atoms with van der Waals surface area (Å²) in [5.74, 6) is -0.249. The van der Waals surface area contributed by atoms with E-state index in [0.717, 1.165) is 38.9 Å². The van der Waals surface area contributed by atoms with Gasteiger partial charge in [0, 0.05) is 24.5 Å². The smallest absolute Gasteiger partial charge is 0.257 e. The summed E-state index contributed by atoms with van der Waals surface area (Å²) in [5, 5.41) is 6.94. The second-order valence-corrected chi connectivity index (χ2v) is 9.26. The van der Waals surface area contributed by atoms with Crippen molar-refractivity contribution < 1.29 is 9.59 Å². The number of nitrogens with zero attached hydrogens (tertiary/aromatic N) is 2. The highest BCUT2D eigenvalue weighted by Crippen LogP contribution is 2.39. The van der Waals surface area contributed by atoms with Crippen molar-refractivity contribution in [1.29, 1.82) is 0 Å². The third-order valence-electron chi connectivity index (χ3n) is 6.38. The van der Waals surface area contributed by atoms with Crippen LogP contribution in [0.25, 0.3) is 0 Å². The van der Waals surface area contributed by atoms with Crippen molar-refractivity contribution in [3.05, 3.63) is 53.1 Å². The van der Waals surface area contributed by atoms with Gasteiger partial charge in [-0.3, -0.25) is 14.5 Å². The number of unbranched alkanes of at least 4 members (excludes halogenated alkanes) is 2. The average Bonchev–Trinajstić information content (AvgIpc) is 2.95. The molecule has 1 fully saturated rings. The fourth-order valence-corrected chi connectivity index (χ4v) is 4.78. The number of rotatable bonds is 9. The van der Waals surface area contributed by atoms with Crippen LogP contribution in [0, 0.1) is 0 Å². The topological polar surface area (TPSA) is 64.7 Å². The molecule has 0 unspecified atom stereocenters. The minimum atomic E-state index is -0.236. The van der Waals surface area contributed by atoms with Crippen molar-refractivity contribution in [1.82, 2.24) is 10.2 Å². The van der Waals surface area contributed by atoms with Gasteiger partial charge in [0.1, 0.15) is 0 Å². The molecule has 2 amide bonds. The molecule has 0 saturated carbocycles. The van der Waals surface area contributed by atoms with Crippen molar-refractivity contribution >= 4 is 40.5 Å². The third kappa shape index (κ3) is 6.14. The van der Waals surface area contributed by atoms with Crippen LogP contribution in [0.5, 0.6) is 0 Å². The quantitative estimate of drug-likeness (QED) is 0.496. The molecule has 6 nitrogen and oxygen atoms in total. The Morgan fingerprint density at radius 2 is 1.79 bits per heavy atom. The summed E-state index contributed by atoms with van der Waals surface area (Å²) in [6.45, 7) is 5.61. The summed E-state index contributed by atoms with van der Waals surface area (Å²) in [6.07, 6.45) is 7.32. The normalized spacial score (nSPS) is 16.0. The first kappa shape index (κ1) is 23.7. The highest BCUT2D eigenvalue weighted by Gasteiger charge is 2.28. The van der Waals surface area contributed by atoms with E-state index in [1.807, 2.05) is 18.2 Å². The molecule has 2 aliphatic rings. The summed E-state index contributed by atoms with van der Waals surface area (Å²) in [4.78, 5) is 30.2. The molecule has 4 rings (SSSR count). The Balaban J connectivity index is 1.29. The molecule has 2 N–H and O–H groups in total. The lowest BCUT2D eigenvalue weighted by atomic mass is 10.1. The van der Waals surface area contributed by atoms with E-state index < -0.39 is 0 Å². The predicted molar refractivity (Wildman–Crippen MR) is 135 cm³/mol. The molecule has 0 bridgehead atoms. The van der Waals surface area contributed by atoms with Crippen molar-refractivity contribution in [2.45, 2.75) is 44.9 Å². The number of anilines is 3. The molecule has 2 heterocycles. The number of hydrogen-bond donors (Lipinski definition) is 2. The number of benzene rings is 2. The standard InChI is InChI=1S/C26H33ClN4O2/c27-20-12-13-24-22(19-20)29-26(33)21-9-4-5-10-23(21)31(24)25(32)11-3-1-6-14-28-15-18-30-16-7-2-8-17-30/h4-5,9-10,12-13,19,28H,1-3,6-8,11,14-18H2,(H,29,33). The van der Waals surface area contributed by atoms with Gasteiger partial charge in [0.15, 0.2) is 0 Å². The van der Waals surface area contributed by atoms with Gasteiger partial charge >= 0.3 is 0 Å². The number of halogens is 1. The molecule has 2 aliphatic heterocycles. The Morgan fingerprint density at radius 1 is 0.970 bits per heavy atom. The summed E-state index contributed by atoms with van der Waals surface area (Å²) in [5.41, 5.74) is 2.30. The van der Waals surface area contributed by atoms with Gasteiger partial charge in [0.2, 0.25) is 5.91 Å². The molecule has 33 heavy (non-hydrogen) atoms. The maximum atomic E-state index is 13.3. The van der Waals surface area contributed by atoms with E-state index in [-0.39, 0.29) is 11.8 Å². The van der Waals surface area contributed by atoms with Gasteiger partial charge in [-0.1, -0.05) is 36.6 Å². The number of nitrogens with one attached hydrogen (secondary N) is 2. The molecule has 0 aromatic heterocycles. The molecule has 7 heteroatoms. The van der Waals surface area contributed by atoms with Gasteiger partial charge in [-0.15, -0.1) is 0 Å². The number of piperidine rings is 1. The summed E-state index contributed by atoms with van der Waals surface area (Å²) >= 11 is 6.15. The molecule has 0 atom stereocenters. The van der Waals surface area contributed by atoms with E-state index in [9.17, 15) is 9.59 Å². The zero-order chi connectivity index (χ0) is 23.0. The van der Waals surface area contributed by atoms with Gasteiger partial charge in [0.25, 0.3) is 5.91 Å². The van der Waals surface area contributed by atoms with Crippen LogP contribution in [0.2, 0.25) is 5.02 Å². The van der Waals surface area contributed by atoms with Crippen molar-refractivity contribution in [2.75, 3.05) is 42.9 Å². The lowest BCUT2D eigenvalue weighted by Crippen LogP contribution is -2.36. The van der Waals surface area contributed by atoms with E-state index >= 15 is 0 Å². The first-order valence-corrected chi connectivity index (χ1v) is 12.5. The zero-order valence-corrected chi connectivity index (χ0v) is 19.9. The molecule has 0 spiro atoms. The van der Waals surface area contributed by atoms with E-state index in [4.69, 9.17) is 11.6 Å². The number of fused-ring (bicyclic) bond motifs is 2. The Morgan fingerprint density at radius 3 is 2.64 bits per heavy atom. The minimum Gasteiger partial charge on any atom is -0.320 e. The van der Waals surface area contributed by atoms with Gasteiger partial charge < -0.3 is 15.5 Å². The number of amides is 2. The monoisotopic (exact) mass is 468 g/mol. The van der Waals surface area contributed by atoms with Crippen LogP contribution in [0.4, 0.5) is 17.1 Å². The third-order valence-corrected chi connectivity index (χ3v) is 6.62. The van der Waals surface area contributed by atoms with Crippen LogP contribution in [0.15, 0.2) is 42.5 Å². The summed E-state index contributed by atoms with van der Waals surface area (Å²) < 4.78 is 0. The van der Waals surface area contributed by atoms with Crippen molar-refractivity contribution in [3.8, 4) is 0 Å². The van der Waals surface area contributed by atoms with Crippen LogP contribution in [0.3, 0.4) is 0 Å². The van der Waals surface area contributed by atoms with Crippen LogP contribution < -0.4 is 15.5 Å². The van der Waals surface area contributed by atoms with Crippen LogP contribution in [-0.2, 0) is 4.79 Å². The Labute approximate surface area is 201 Å². The number of para-hydroxylation sites is 1. The highest BCUT2D eigenvalue weighted by atomic mass is 35.5.